The lowest BCUT2D eigenvalue weighted by molar-refractivity contribution is -0.00620. The van der Waals surface area contributed by atoms with E-state index in [1.54, 1.807) is 0 Å². The Balaban J connectivity index is 1.67. The molecule has 3 heterocycles. The molecular weight excluding hydrogens is 234 g/mol. The van der Waals surface area contributed by atoms with Crippen molar-refractivity contribution >= 4 is 0 Å². The lowest BCUT2D eigenvalue weighted by Crippen LogP contribution is -2.61. The minimum absolute atomic E-state index is 0.816. The average molecular weight is 265 g/mol. The molecule has 3 aliphatic rings. The van der Waals surface area contributed by atoms with Crippen molar-refractivity contribution < 1.29 is 0 Å². The molecule has 110 valence electrons. The van der Waals surface area contributed by atoms with Crippen molar-refractivity contribution in [2.75, 3.05) is 39.3 Å². The van der Waals surface area contributed by atoms with Crippen LogP contribution in [0.5, 0.6) is 0 Å². The number of piperazine rings is 1. The van der Waals surface area contributed by atoms with Gasteiger partial charge in [0.05, 0.1) is 0 Å². The van der Waals surface area contributed by atoms with Crippen LogP contribution in [0.1, 0.15) is 46.0 Å². The van der Waals surface area contributed by atoms with E-state index in [2.05, 4.69) is 28.5 Å². The molecule has 0 radical (unpaired) electrons. The van der Waals surface area contributed by atoms with Crippen molar-refractivity contribution in [2.45, 2.75) is 64.1 Å². The fraction of sp³-hybridized carbons (Fsp3) is 1.00. The summed E-state index contributed by atoms with van der Waals surface area (Å²) in [6.45, 7) is 12.6. The summed E-state index contributed by atoms with van der Waals surface area (Å²) in [5, 5.41) is 0. The maximum absolute atomic E-state index is 2.90. The lowest BCUT2D eigenvalue weighted by atomic mass is 9.97. The van der Waals surface area contributed by atoms with Crippen LogP contribution in [-0.2, 0) is 0 Å². The molecule has 0 spiro atoms. The second-order valence-electron chi connectivity index (χ2n) is 6.74. The van der Waals surface area contributed by atoms with E-state index in [1.165, 1.54) is 71.4 Å². The molecule has 0 amide bonds. The Morgan fingerprint density at radius 3 is 2.47 bits per heavy atom. The minimum Gasteiger partial charge on any atom is -0.302 e. The molecule has 3 fully saturated rings. The zero-order chi connectivity index (χ0) is 13.2. The number of fused-ring (bicyclic) bond motifs is 1. The summed E-state index contributed by atoms with van der Waals surface area (Å²) in [5.41, 5.74) is 0. The predicted octanol–water partition coefficient (Wildman–Crippen LogP) is 2.03. The van der Waals surface area contributed by atoms with Crippen LogP contribution in [-0.4, -0.2) is 72.1 Å². The molecule has 3 unspecified atom stereocenters. The highest BCUT2D eigenvalue weighted by atomic mass is 15.3. The van der Waals surface area contributed by atoms with Gasteiger partial charge >= 0.3 is 0 Å². The van der Waals surface area contributed by atoms with Gasteiger partial charge < -0.3 is 4.90 Å². The Morgan fingerprint density at radius 1 is 0.895 bits per heavy atom. The van der Waals surface area contributed by atoms with Crippen molar-refractivity contribution in [1.82, 2.24) is 14.7 Å². The van der Waals surface area contributed by atoms with Crippen LogP contribution in [0.25, 0.3) is 0 Å². The molecular formula is C16H31N3. The zero-order valence-corrected chi connectivity index (χ0v) is 12.9. The first kappa shape index (κ1) is 13.8. The molecule has 3 aliphatic heterocycles. The van der Waals surface area contributed by atoms with Gasteiger partial charge in [0.15, 0.2) is 0 Å². The maximum atomic E-state index is 2.90. The van der Waals surface area contributed by atoms with Crippen LogP contribution < -0.4 is 0 Å². The van der Waals surface area contributed by atoms with Gasteiger partial charge in [0.1, 0.15) is 0 Å². The first-order valence-corrected chi connectivity index (χ1v) is 8.54. The van der Waals surface area contributed by atoms with E-state index in [9.17, 15) is 0 Å². The summed E-state index contributed by atoms with van der Waals surface area (Å²) in [6, 6.07) is 2.53. The highest BCUT2D eigenvalue weighted by Crippen LogP contribution is 2.29. The third-order valence-electron chi connectivity index (χ3n) is 5.70. The van der Waals surface area contributed by atoms with Crippen LogP contribution in [0.4, 0.5) is 0 Å². The molecule has 0 saturated carbocycles. The van der Waals surface area contributed by atoms with E-state index in [1.807, 2.05) is 0 Å². The average Bonchev–Trinajstić information content (AvgIpc) is 2.93. The molecule has 19 heavy (non-hydrogen) atoms. The Labute approximate surface area is 118 Å². The first-order chi connectivity index (χ1) is 9.31. The Hall–Kier alpha value is -0.120. The van der Waals surface area contributed by atoms with E-state index < -0.39 is 0 Å². The number of nitrogens with zero attached hydrogens (tertiary/aromatic N) is 3. The number of piperidine rings is 1. The maximum Gasteiger partial charge on any atom is 0.0227 e. The highest BCUT2D eigenvalue weighted by Gasteiger charge is 2.39. The van der Waals surface area contributed by atoms with Crippen LogP contribution in [0.15, 0.2) is 0 Å². The van der Waals surface area contributed by atoms with E-state index in [-0.39, 0.29) is 0 Å². The molecule has 3 rings (SSSR count). The number of likely N-dealkylation sites (N-methyl/N-ethyl adjacent to an activating group) is 1. The third kappa shape index (κ3) is 2.84. The van der Waals surface area contributed by atoms with Gasteiger partial charge in [-0.15, -0.1) is 0 Å². The van der Waals surface area contributed by atoms with Crippen molar-refractivity contribution in [3.05, 3.63) is 0 Å². The molecule has 3 saturated heterocycles. The summed E-state index contributed by atoms with van der Waals surface area (Å²) in [5.74, 6) is 0. The second-order valence-corrected chi connectivity index (χ2v) is 6.74. The fourth-order valence-electron chi connectivity index (χ4n) is 4.51. The van der Waals surface area contributed by atoms with Crippen molar-refractivity contribution in [1.29, 1.82) is 0 Å². The largest absolute Gasteiger partial charge is 0.302 e. The van der Waals surface area contributed by atoms with E-state index >= 15 is 0 Å². The van der Waals surface area contributed by atoms with Gasteiger partial charge in [0.25, 0.3) is 0 Å². The lowest BCUT2D eigenvalue weighted by Gasteiger charge is -2.49. The van der Waals surface area contributed by atoms with Crippen molar-refractivity contribution in [2.24, 2.45) is 0 Å². The van der Waals surface area contributed by atoms with Gasteiger partial charge in [-0.2, -0.15) is 0 Å². The molecule has 3 nitrogen and oxygen atoms in total. The molecule has 0 N–H and O–H groups in total. The number of rotatable bonds is 3. The zero-order valence-electron chi connectivity index (χ0n) is 12.9. The monoisotopic (exact) mass is 265 g/mol. The van der Waals surface area contributed by atoms with Gasteiger partial charge in [-0.3, -0.25) is 9.80 Å². The van der Waals surface area contributed by atoms with Gasteiger partial charge in [-0.05, 0) is 51.7 Å². The standard InChI is InChI=1S/C16H31N3/c1-3-14-12-18-10-6-7-15(18)13-19(14)16-8-5-9-17(4-2)11-16/h14-16H,3-13H2,1-2H3. The van der Waals surface area contributed by atoms with E-state index in [4.69, 9.17) is 0 Å². The molecule has 0 aromatic carbocycles. The van der Waals surface area contributed by atoms with Gasteiger partial charge in [0.2, 0.25) is 0 Å². The Kier molecular flexibility index (Phi) is 4.45. The molecule has 0 bridgehead atoms. The van der Waals surface area contributed by atoms with Gasteiger partial charge in [0, 0.05) is 37.8 Å². The van der Waals surface area contributed by atoms with Crippen molar-refractivity contribution in [3.63, 3.8) is 0 Å². The smallest absolute Gasteiger partial charge is 0.0227 e. The third-order valence-corrected chi connectivity index (χ3v) is 5.70. The summed E-state index contributed by atoms with van der Waals surface area (Å²) in [6.07, 6.45) is 7.03. The topological polar surface area (TPSA) is 9.72 Å². The second kappa shape index (κ2) is 6.11. The number of likely N-dealkylation sites (tertiary alicyclic amines) is 1. The fourth-order valence-corrected chi connectivity index (χ4v) is 4.51. The minimum atomic E-state index is 0.816. The molecule has 3 heteroatoms. The summed E-state index contributed by atoms with van der Waals surface area (Å²) < 4.78 is 0. The molecule has 0 aromatic rings. The molecule has 0 aromatic heterocycles. The van der Waals surface area contributed by atoms with Gasteiger partial charge in [-0.1, -0.05) is 13.8 Å². The number of hydrogen-bond acceptors (Lipinski definition) is 3. The van der Waals surface area contributed by atoms with Crippen LogP contribution >= 0.6 is 0 Å². The quantitative estimate of drug-likeness (QED) is 0.773. The normalized spacial score (nSPS) is 38.5. The Bertz CT molecular complexity index is 294. The van der Waals surface area contributed by atoms with Crippen LogP contribution in [0, 0.1) is 0 Å². The van der Waals surface area contributed by atoms with Gasteiger partial charge in [-0.25, -0.2) is 0 Å². The van der Waals surface area contributed by atoms with Crippen molar-refractivity contribution in [3.8, 4) is 0 Å². The van der Waals surface area contributed by atoms with E-state index in [0.717, 1.165) is 18.1 Å². The highest BCUT2D eigenvalue weighted by molar-refractivity contribution is 4.95. The predicted molar refractivity (Wildman–Crippen MR) is 80.5 cm³/mol. The summed E-state index contributed by atoms with van der Waals surface area (Å²) in [4.78, 5) is 8.32. The first-order valence-electron chi connectivity index (χ1n) is 8.54. The van der Waals surface area contributed by atoms with Crippen LogP contribution in [0.3, 0.4) is 0 Å². The number of hydrogen-bond donors (Lipinski definition) is 0. The SMILES string of the molecule is CCC1CN2CCCC2CN1C1CCCN(CC)C1. The van der Waals surface area contributed by atoms with Crippen LogP contribution in [0.2, 0.25) is 0 Å². The summed E-state index contributed by atoms with van der Waals surface area (Å²) >= 11 is 0. The Morgan fingerprint density at radius 2 is 1.68 bits per heavy atom. The summed E-state index contributed by atoms with van der Waals surface area (Å²) in [7, 11) is 0. The molecule has 0 aliphatic carbocycles. The molecule has 3 atom stereocenters. The van der Waals surface area contributed by atoms with E-state index in [0.29, 0.717) is 0 Å².